The van der Waals surface area contributed by atoms with Crippen molar-refractivity contribution in [2.75, 3.05) is 13.1 Å². The number of carbonyl (C=O) groups excluding carboxylic acids is 1. The zero-order chi connectivity index (χ0) is 13.2. The van der Waals surface area contributed by atoms with Gasteiger partial charge in [0.25, 0.3) is 0 Å². The lowest BCUT2D eigenvalue weighted by molar-refractivity contribution is -0.123. The van der Waals surface area contributed by atoms with Crippen molar-refractivity contribution >= 4 is 6.03 Å². The maximum absolute atomic E-state index is 12.0. The predicted octanol–water partition coefficient (Wildman–Crippen LogP) is 2.62. The lowest BCUT2D eigenvalue weighted by Gasteiger charge is -2.41. The number of urea groups is 1. The molecule has 1 rings (SSSR count). The number of carbonyl (C=O) groups is 1. The van der Waals surface area contributed by atoms with Crippen LogP contribution in [0.2, 0.25) is 0 Å². The Morgan fingerprint density at radius 1 is 1.35 bits per heavy atom. The molecule has 1 fully saturated rings. The molecule has 0 aliphatic carbocycles. The molecule has 3 unspecified atom stereocenters. The van der Waals surface area contributed by atoms with Crippen molar-refractivity contribution in [2.24, 2.45) is 11.8 Å². The zero-order valence-corrected chi connectivity index (χ0v) is 10.3. The average molecular weight is 252 g/mol. The molecule has 0 radical (unpaired) electrons. The second-order valence-corrected chi connectivity index (χ2v) is 4.99. The van der Waals surface area contributed by atoms with Crippen molar-refractivity contribution in [1.29, 1.82) is 0 Å². The van der Waals surface area contributed by atoms with Crippen molar-refractivity contribution in [1.82, 2.24) is 10.2 Å². The molecule has 2 amide bonds. The van der Waals surface area contributed by atoms with Gasteiger partial charge >= 0.3 is 12.2 Å². The van der Waals surface area contributed by atoms with Gasteiger partial charge in [-0.15, -0.1) is 0 Å². The largest absolute Gasteiger partial charge is 0.405 e. The minimum atomic E-state index is -4.36. The molecule has 1 N–H and O–H groups in total. The normalized spacial score (nSPS) is 30.2. The van der Waals surface area contributed by atoms with Gasteiger partial charge in [0.2, 0.25) is 0 Å². The van der Waals surface area contributed by atoms with Crippen LogP contribution < -0.4 is 5.32 Å². The van der Waals surface area contributed by atoms with Gasteiger partial charge in [0.1, 0.15) is 6.54 Å². The number of halogens is 3. The molecule has 0 aromatic carbocycles. The minimum absolute atomic E-state index is 0.0144. The van der Waals surface area contributed by atoms with Crippen LogP contribution in [-0.2, 0) is 0 Å². The van der Waals surface area contributed by atoms with Crippen molar-refractivity contribution < 1.29 is 18.0 Å². The molecule has 0 aromatic heterocycles. The SMILES string of the molecule is CC1CC(C)C(C)N(C(=O)NCC(F)(F)F)C1. The number of amides is 2. The Hall–Kier alpha value is -0.940. The van der Waals surface area contributed by atoms with Gasteiger partial charge in [-0.2, -0.15) is 13.2 Å². The van der Waals surface area contributed by atoms with Gasteiger partial charge in [0.15, 0.2) is 0 Å². The highest BCUT2D eigenvalue weighted by Crippen LogP contribution is 2.26. The summed E-state index contributed by atoms with van der Waals surface area (Å²) >= 11 is 0. The highest BCUT2D eigenvalue weighted by Gasteiger charge is 2.34. The minimum Gasteiger partial charge on any atom is -0.329 e. The highest BCUT2D eigenvalue weighted by molar-refractivity contribution is 5.74. The van der Waals surface area contributed by atoms with Crippen molar-refractivity contribution in [3.63, 3.8) is 0 Å². The van der Waals surface area contributed by atoms with E-state index in [-0.39, 0.29) is 6.04 Å². The highest BCUT2D eigenvalue weighted by atomic mass is 19.4. The fourth-order valence-electron chi connectivity index (χ4n) is 2.26. The Bertz CT molecular complexity index is 280. The molecule has 1 heterocycles. The summed E-state index contributed by atoms with van der Waals surface area (Å²) in [6, 6.07) is -0.632. The fourth-order valence-corrected chi connectivity index (χ4v) is 2.26. The van der Waals surface area contributed by atoms with E-state index in [9.17, 15) is 18.0 Å². The summed E-state index contributed by atoms with van der Waals surface area (Å²) in [5.74, 6) is 0.647. The van der Waals surface area contributed by atoms with Crippen LogP contribution >= 0.6 is 0 Å². The van der Waals surface area contributed by atoms with Crippen LogP contribution in [0.25, 0.3) is 0 Å². The standard InChI is InChI=1S/C11H19F3N2O/c1-7-4-8(2)9(3)16(5-7)10(17)15-6-11(12,13)14/h7-9H,4-6H2,1-3H3,(H,15,17). The lowest BCUT2D eigenvalue weighted by Crippen LogP contribution is -2.53. The van der Waals surface area contributed by atoms with Gasteiger partial charge in [0, 0.05) is 12.6 Å². The van der Waals surface area contributed by atoms with E-state index in [1.807, 2.05) is 26.1 Å². The maximum atomic E-state index is 12.0. The summed E-state index contributed by atoms with van der Waals surface area (Å²) in [5, 5.41) is 1.93. The van der Waals surface area contributed by atoms with Crippen LogP contribution in [0.15, 0.2) is 0 Å². The number of hydrogen-bond donors (Lipinski definition) is 1. The fraction of sp³-hybridized carbons (Fsp3) is 0.909. The first kappa shape index (κ1) is 14.1. The van der Waals surface area contributed by atoms with Crippen LogP contribution in [0, 0.1) is 11.8 Å². The summed E-state index contributed by atoms with van der Waals surface area (Å²) < 4.78 is 36.0. The predicted molar refractivity (Wildman–Crippen MR) is 58.6 cm³/mol. The van der Waals surface area contributed by atoms with Crippen LogP contribution in [0.1, 0.15) is 27.2 Å². The lowest BCUT2D eigenvalue weighted by atomic mass is 9.86. The van der Waals surface area contributed by atoms with Crippen LogP contribution in [0.3, 0.4) is 0 Å². The molecular formula is C11H19F3N2O. The summed E-state index contributed by atoms with van der Waals surface area (Å²) in [7, 11) is 0. The summed E-state index contributed by atoms with van der Waals surface area (Å²) in [5.41, 5.74) is 0. The van der Waals surface area contributed by atoms with Crippen LogP contribution in [0.4, 0.5) is 18.0 Å². The van der Waals surface area contributed by atoms with Crippen LogP contribution in [0.5, 0.6) is 0 Å². The second-order valence-electron chi connectivity index (χ2n) is 4.99. The van der Waals surface area contributed by atoms with Gasteiger partial charge in [-0.3, -0.25) is 0 Å². The van der Waals surface area contributed by atoms with Crippen LogP contribution in [-0.4, -0.2) is 36.2 Å². The topological polar surface area (TPSA) is 32.3 Å². The smallest absolute Gasteiger partial charge is 0.329 e. The van der Waals surface area contributed by atoms with E-state index in [1.54, 1.807) is 0 Å². The molecule has 17 heavy (non-hydrogen) atoms. The molecule has 0 aromatic rings. The molecule has 3 atom stereocenters. The number of alkyl halides is 3. The average Bonchev–Trinajstić information content (AvgIpc) is 2.19. The van der Waals surface area contributed by atoms with E-state index >= 15 is 0 Å². The molecule has 1 aliphatic rings. The van der Waals surface area contributed by atoms with Crippen molar-refractivity contribution in [3.05, 3.63) is 0 Å². The maximum Gasteiger partial charge on any atom is 0.405 e. The van der Waals surface area contributed by atoms with Gasteiger partial charge in [-0.05, 0) is 25.2 Å². The van der Waals surface area contributed by atoms with E-state index < -0.39 is 18.8 Å². The molecule has 1 aliphatic heterocycles. The number of likely N-dealkylation sites (tertiary alicyclic amines) is 1. The van der Waals surface area contributed by atoms with E-state index in [4.69, 9.17) is 0 Å². The molecule has 6 heteroatoms. The summed E-state index contributed by atoms with van der Waals surface area (Å²) in [6.45, 7) is 5.16. The van der Waals surface area contributed by atoms with Gasteiger partial charge in [0.05, 0.1) is 0 Å². The molecule has 100 valence electrons. The quantitative estimate of drug-likeness (QED) is 0.764. The monoisotopic (exact) mass is 252 g/mol. The molecule has 0 saturated carbocycles. The van der Waals surface area contributed by atoms with Gasteiger partial charge < -0.3 is 10.2 Å². The van der Waals surface area contributed by atoms with Gasteiger partial charge in [-0.25, -0.2) is 4.79 Å². The Kier molecular flexibility index (Phi) is 4.27. The van der Waals surface area contributed by atoms with E-state index in [1.165, 1.54) is 4.90 Å². The van der Waals surface area contributed by atoms with Gasteiger partial charge in [-0.1, -0.05) is 13.8 Å². The third kappa shape index (κ3) is 4.09. The number of nitrogens with one attached hydrogen (secondary N) is 1. The number of rotatable bonds is 1. The number of nitrogens with zero attached hydrogens (tertiary/aromatic N) is 1. The zero-order valence-electron chi connectivity index (χ0n) is 10.3. The Morgan fingerprint density at radius 3 is 2.47 bits per heavy atom. The Labute approximate surface area is 99.4 Å². The van der Waals surface area contributed by atoms with E-state index in [0.717, 1.165) is 6.42 Å². The molecule has 0 bridgehead atoms. The Morgan fingerprint density at radius 2 is 1.94 bits per heavy atom. The number of hydrogen-bond acceptors (Lipinski definition) is 1. The molecular weight excluding hydrogens is 233 g/mol. The third-order valence-corrected chi connectivity index (χ3v) is 3.30. The van der Waals surface area contributed by atoms with Crippen molar-refractivity contribution in [2.45, 2.75) is 39.4 Å². The summed E-state index contributed by atoms with van der Waals surface area (Å²) in [6.07, 6.45) is -3.35. The molecule has 1 saturated heterocycles. The summed E-state index contributed by atoms with van der Waals surface area (Å²) in [4.78, 5) is 13.2. The first-order chi connectivity index (χ1) is 7.70. The number of piperidine rings is 1. The third-order valence-electron chi connectivity index (χ3n) is 3.30. The first-order valence-electron chi connectivity index (χ1n) is 5.82. The first-order valence-corrected chi connectivity index (χ1v) is 5.82. The molecule has 3 nitrogen and oxygen atoms in total. The Balaban J connectivity index is 2.55. The van der Waals surface area contributed by atoms with Crippen molar-refractivity contribution in [3.8, 4) is 0 Å². The second kappa shape index (κ2) is 5.14. The van der Waals surface area contributed by atoms with E-state index in [2.05, 4.69) is 0 Å². The molecule has 0 spiro atoms. The van der Waals surface area contributed by atoms with E-state index in [0.29, 0.717) is 18.4 Å².